The van der Waals surface area contributed by atoms with Crippen molar-refractivity contribution in [1.29, 1.82) is 0 Å². The van der Waals surface area contributed by atoms with Crippen molar-refractivity contribution in [3.63, 3.8) is 0 Å². The quantitative estimate of drug-likeness (QED) is 0.111. The second-order valence-electron chi connectivity index (χ2n) is 6.58. The van der Waals surface area contributed by atoms with Crippen LogP contribution in [-0.2, 0) is 0 Å². The summed E-state index contributed by atoms with van der Waals surface area (Å²) in [5, 5.41) is 0. The van der Waals surface area contributed by atoms with Gasteiger partial charge < -0.3 is 0 Å². The van der Waals surface area contributed by atoms with Gasteiger partial charge in [-0.15, -0.1) is 21.8 Å². The SMILES string of the molecule is CCCCCC[Si](I)(CCCCCC)CCCCCC. The Morgan fingerprint density at radius 1 is 0.500 bits per heavy atom. The molecule has 0 saturated heterocycles. The molecule has 0 rings (SSSR count). The Balaban J connectivity index is 3.98. The van der Waals surface area contributed by atoms with E-state index in [9.17, 15) is 0 Å². The van der Waals surface area contributed by atoms with Crippen molar-refractivity contribution in [2.75, 3.05) is 0 Å². The molecule has 0 N–H and O–H groups in total. The van der Waals surface area contributed by atoms with E-state index in [1.54, 1.807) is 18.1 Å². The first kappa shape index (κ1) is 20.9. The largest absolute Gasteiger partial charge is 0.125 e. The van der Waals surface area contributed by atoms with E-state index in [1.807, 2.05) is 0 Å². The second-order valence-corrected chi connectivity index (χ2v) is 17.2. The molecule has 0 aliphatic carbocycles. The highest BCUT2D eigenvalue weighted by Gasteiger charge is 2.27. The van der Waals surface area contributed by atoms with Gasteiger partial charge in [-0.1, -0.05) is 97.8 Å². The smallest absolute Gasteiger partial charge is 0.119 e. The molecule has 0 spiro atoms. The van der Waals surface area contributed by atoms with Crippen molar-refractivity contribution in [2.24, 2.45) is 0 Å². The van der Waals surface area contributed by atoms with Gasteiger partial charge >= 0.3 is 0 Å². The highest BCUT2D eigenvalue weighted by atomic mass is 127. The van der Waals surface area contributed by atoms with Gasteiger partial charge in [0.15, 0.2) is 0 Å². The van der Waals surface area contributed by atoms with Crippen molar-refractivity contribution in [1.82, 2.24) is 0 Å². The van der Waals surface area contributed by atoms with E-state index in [1.165, 1.54) is 77.0 Å². The lowest BCUT2D eigenvalue weighted by Gasteiger charge is -2.25. The summed E-state index contributed by atoms with van der Waals surface area (Å²) in [7, 11) is 0. The van der Waals surface area contributed by atoms with Gasteiger partial charge in [-0.05, 0) is 18.1 Å². The maximum atomic E-state index is 2.97. The molecule has 0 aliphatic heterocycles. The van der Waals surface area contributed by atoms with Crippen LogP contribution in [0.1, 0.15) is 97.8 Å². The lowest BCUT2D eigenvalue weighted by molar-refractivity contribution is 0.671. The molecule has 122 valence electrons. The average Bonchev–Trinajstić information content (AvgIpc) is 2.45. The molecule has 0 nitrogen and oxygen atoms in total. The minimum atomic E-state index is -0.929. The molecule has 0 bridgehead atoms. The van der Waals surface area contributed by atoms with Crippen molar-refractivity contribution >= 4 is 27.4 Å². The molecule has 0 aromatic rings. The standard InChI is InChI=1S/C18H39ISi/c1-4-7-10-13-16-20(19,17-14-11-8-5-2)18-15-12-9-6-3/h4-18H2,1-3H3. The molecule has 0 fully saturated rings. The first-order valence-corrected chi connectivity index (χ1v) is 15.1. The van der Waals surface area contributed by atoms with Crippen LogP contribution in [0.3, 0.4) is 0 Å². The van der Waals surface area contributed by atoms with Gasteiger partial charge in [-0.25, -0.2) is 0 Å². The summed E-state index contributed by atoms with van der Waals surface area (Å²) in [6.07, 6.45) is 17.5. The van der Waals surface area contributed by atoms with Crippen LogP contribution in [0.25, 0.3) is 0 Å². The van der Waals surface area contributed by atoms with Crippen LogP contribution in [0.4, 0.5) is 0 Å². The van der Waals surface area contributed by atoms with E-state index in [0.29, 0.717) is 0 Å². The highest BCUT2D eigenvalue weighted by Crippen LogP contribution is 2.35. The zero-order valence-electron chi connectivity index (χ0n) is 14.5. The van der Waals surface area contributed by atoms with Crippen LogP contribution in [0.15, 0.2) is 0 Å². The Morgan fingerprint density at radius 2 is 0.800 bits per heavy atom. The Bertz CT molecular complexity index is 163. The molecule has 0 radical (unpaired) electrons. The van der Waals surface area contributed by atoms with E-state index in [2.05, 4.69) is 42.6 Å². The molecular weight excluding hydrogens is 371 g/mol. The molecule has 2 heteroatoms. The molecule has 0 saturated carbocycles. The van der Waals surface area contributed by atoms with Crippen LogP contribution in [0.2, 0.25) is 18.1 Å². The third-order valence-corrected chi connectivity index (χ3v) is 13.0. The summed E-state index contributed by atoms with van der Waals surface area (Å²) >= 11 is 2.97. The predicted octanol–water partition coefficient (Wildman–Crippen LogP) is 8.11. The summed E-state index contributed by atoms with van der Waals surface area (Å²) in [6.45, 7) is 6.97. The maximum Gasteiger partial charge on any atom is 0.125 e. The zero-order chi connectivity index (χ0) is 15.1. The van der Waals surface area contributed by atoms with Crippen molar-refractivity contribution in [3.8, 4) is 0 Å². The Hall–Kier alpha value is 0.947. The Kier molecular flexibility index (Phi) is 15.6. The minimum absolute atomic E-state index is 0.929. The topological polar surface area (TPSA) is 0 Å². The van der Waals surface area contributed by atoms with Gasteiger partial charge in [-0.2, -0.15) is 0 Å². The van der Waals surface area contributed by atoms with Crippen LogP contribution in [-0.4, -0.2) is 5.57 Å². The normalized spacial score (nSPS) is 12.0. The van der Waals surface area contributed by atoms with Gasteiger partial charge in [0.2, 0.25) is 0 Å². The summed E-state index contributed by atoms with van der Waals surface area (Å²) in [4.78, 5) is 0. The van der Waals surface area contributed by atoms with E-state index < -0.39 is 5.57 Å². The van der Waals surface area contributed by atoms with Crippen LogP contribution in [0.5, 0.6) is 0 Å². The van der Waals surface area contributed by atoms with E-state index >= 15 is 0 Å². The predicted molar refractivity (Wildman–Crippen MR) is 107 cm³/mol. The summed E-state index contributed by atoms with van der Waals surface area (Å²) in [5.74, 6) is 0. The third-order valence-electron chi connectivity index (χ3n) is 4.44. The molecule has 0 amide bonds. The molecule has 0 unspecified atom stereocenters. The number of rotatable bonds is 15. The first-order chi connectivity index (χ1) is 9.68. The summed E-state index contributed by atoms with van der Waals surface area (Å²) in [6, 6.07) is 4.81. The Labute approximate surface area is 143 Å². The molecule has 0 aliphatic rings. The second kappa shape index (κ2) is 14.9. The van der Waals surface area contributed by atoms with E-state index in [-0.39, 0.29) is 0 Å². The average molecular weight is 411 g/mol. The number of hydrogen-bond acceptors (Lipinski definition) is 0. The fourth-order valence-electron chi connectivity index (χ4n) is 2.98. The van der Waals surface area contributed by atoms with Crippen molar-refractivity contribution < 1.29 is 0 Å². The van der Waals surface area contributed by atoms with Gasteiger partial charge in [0.25, 0.3) is 0 Å². The first-order valence-electron chi connectivity index (χ1n) is 9.37. The van der Waals surface area contributed by atoms with E-state index in [4.69, 9.17) is 0 Å². The summed E-state index contributed by atoms with van der Waals surface area (Å²) in [5.41, 5.74) is -0.929. The maximum absolute atomic E-state index is 2.97. The molecule has 0 aromatic carbocycles. The van der Waals surface area contributed by atoms with Gasteiger partial charge in [0, 0.05) is 0 Å². The van der Waals surface area contributed by atoms with Gasteiger partial charge in [-0.3, -0.25) is 0 Å². The third kappa shape index (κ3) is 12.7. The lowest BCUT2D eigenvalue weighted by Crippen LogP contribution is -2.25. The van der Waals surface area contributed by atoms with Gasteiger partial charge in [0.1, 0.15) is 5.57 Å². The minimum Gasteiger partial charge on any atom is -0.119 e. The molecule has 0 atom stereocenters. The zero-order valence-corrected chi connectivity index (χ0v) is 17.6. The number of unbranched alkanes of at least 4 members (excludes halogenated alkanes) is 9. The molecule has 0 heterocycles. The van der Waals surface area contributed by atoms with Crippen molar-refractivity contribution in [2.45, 2.75) is 116 Å². The molecule has 0 aromatic heterocycles. The monoisotopic (exact) mass is 410 g/mol. The lowest BCUT2D eigenvalue weighted by atomic mass is 10.2. The number of halogens is 1. The van der Waals surface area contributed by atoms with Crippen LogP contribution in [0, 0.1) is 0 Å². The highest BCUT2D eigenvalue weighted by molar-refractivity contribution is 14.1. The van der Waals surface area contributed by atoms with Crippen LogP contribution >= 0.6 is 21.8 Å². The summed E-state index contributed by atoms with van der Waals surface area (Å²) < 4.78 is 0. The van der Waals surface area contributed by atoms with Crippen molar-refractivity contribution in [3.05, 3.63) is 0 Å². The molecule has 20 heavy (non-hydrogen) atoms. The Morgan fingerprint density at radius 3 is 1.05 bits per heavy atom. The molecular formula is C18H39ISi. The fourth-order valence-corrected chi connectivity index (χ4v) is 9.81. The van der Waals surface area contributed by atoms with Crippen LogP contribution < -0.4 is 0 Å². The van der Waals surface area contributed by atoms with Gasteiger partial charge in [0.05, 0.1) is 0 Å². The fraction of sp³-hybridized carbons (Fsp3) is 1.00. The van der Waals surface area contributed by atoms with E-state index in [0.717, 1.165) is 0 Å². The number of hydrogen-bond donors (Lipinski definition) is 0.